The molecular formula is C15H21NO4. The fourth-order valence-corrected chi connectivity index (χ4v) is 2.78. The van der Waals surface area contributed by atoms with Gasteiger partial charge in [-0.05, 0) is 24.8 Å². The van der Waals surface area contributed by atoms with Gasteiger partial charge in [-0.3, -0.25) is 4.98 Å². The van der Waals surface area contributed by atoms with E-state index in [-0.39, 0.29) is 26.4 Å². The first-order valence-corrected chi connectivity index (χ1v) is 6.88. The standard InChI is InChI=1S/C15H21NO4/c17-6-11-12(7-18)14(5-10-3-1-2-4-10)16-15(9-20)13(11)8-19/h3,17-20H,1-2,4-9H2. The Labute approximate surface area is 118 Å². The Bertz CT molecular complexity index is 511. The summed E-state index contributed by atoms with van der Waals surface area (Å²) in [5, 5.41) is 37.9. The Kier molecular flexibility index (Phi) is 5.25. The van der Waals surface area contributed by atoms with Crippen molar-refractivity contribution < 1.29 is 20.4 Å². The molecule has 0 unspecified atom stereocenters. The number of hydrogen-bond donors (Lipinski definition) is 4. The van der Waals surface area contributed by atoms with Gasteiger partial charge in [0.25, 0.3) is 0 Å². The summed E-state index contributed by atoms with van der Waals surface area (Å²) in [7, 11) is 0. The molecule has 0 fully saturated rings. The van der Waals surface area contributed by atoms with Gasteiger partial charge >= 0.3 is 0 Å². The zero-order valence-electron chi connectivity index (χ0n) is 11.5. The van der Waals surface area contributed by atoms with Gasteiger partial charge in [0.05, 0.1) is 37.8 Å². The van der Waals surface area contributed by atoms with Gasteiger partial charge in [0, 0.05) is 17.5 Å². The van der Waals surface area contributed by atoms with Gasteiger partial charge in [0.2, 0.25) is 0 Å². The second-order valence-electron chi connectivity index (χ2n) is 5.00. The van der Waals surface area contributed by atoms with Crippen LogP contribution in [0.4, 0.5) is 0 Å². The van der Waals surface area contributed by atoms with E-state index >= 15 is 0 Å². The molecule has 0 aliphatic heterocycles. The molecule has 0 saturated heterocycles. The monoisotopic (exact) mass is 279 g/mol. The average Bonchev–Trinajstić information content (AvgIpc) is 2.98. The molecule has 4 N–H and O–H groups in total. The molecule has 0 amide bonds. The maximum Gasteiger partial charge on any atom is 0.0856 e. The first-order chi connectivity index (χ1) is 9.74. The van der Waals surface area contributed by atoms with Crippen LogP contribution in [0.2, 0.25) is 0 Å². The van der Waals surface area contributed by atoms with Crippen LogP contribution in [0.3, 0.4) is 0 Å². The van der Waals surface area contributed by atoms with Crippen LogP contribution in [0.15, 0.2) is 11.6 Å². The van der Waals surface area contributed by atoms with Crippen molar-refractivity contribution in [2.24, 2.45) is 0 Å². The second kappa shape index (κ2) is 6.95. The van der Waals surface area contributed by atoms with Crippen LogP contribution in [-0.4, -0.2) is 25.4 Å². The number of pyridine rings is 1. The largest absolute Gasteiger partial charge is 0.392 e. The lowest BCUT2D eigenvalue weighted by Gasteiger charge is -2.18. The summed E-state index contributed by atoms with van der Waals surface area (Å²) in [6, 6.07) is 0. The quantitative estimate of drug-likeness (QED) is 0.575. The molecule has 0 spiro atoms. The van der Waals surface area contributed by atoms with Crippen molar-refractivity contribution in [1.29, 1.82) is 0 Å². The van der Waals surface area contributed by atoms with E-state index in [1.807, 2.05) is 0 Å². The SMILES string of the molecule is OCc1nc(CC2=CCCC2)c(CO)c(CO)c1CO. The van der Waals surface area contributed by atoms with Crippen molar-refractivity contribution in [2.75, 3.05) is 0 Å². The van der Waals surface area contributed by atoms with E-state index < -0.39 is 0 Å². The molecule has 1 aliphatic carbocycles. The summed E-state index contributed by atoms with van der Waals surface area (Å²) >= 11 is 0. The number of nitrogens with zero attached hydrogens (tertiary/aromatic N) is 1. The fraction of sp³-hybridized carbons (Fsp3) is 0.533. The molecule has 110 valence electrons. The molecule has 0 aromatic carbocycles. The van der Waals surface area contributed by atoms with Crippen molar-refractivity contribution >= 4 is 0 Å². The zero-order chi connectivity index (χ0) is 14.5. The first kappa shape index (κ1) is 15.1. The van der Waals surface area contributed by atoms with E-state index in [4.69, 9.17) is 0 Å². The van der Waals surface area contributed by atoms with Gasteiger partial charge in [0.15, 0.2) is 0 Å². The maximum atomic E-state index is 9.57. The minimum Gasteiger partial charge on any atom is -0.392 e. The third-order valence-electron chi connectivity index (χ3n) is 3.85. The van der Waals surface area contributed by atoms with E-state index in [9.17, 15) is 20.4 Å². The molecule has 1 heterocycles. The third-order valence-corrected chi connectivity index (χ3v) is 3.85. The Morgan fingerprint density at radius 2 is 1.50 bits per heavy atom. The smallest absolute Gasteiger partial charge is 0.0856 e. The topological polar surface area (TPSA) is 93.8 Å². The maximum absolute atomic E-state index is 9.57. The number of hydrogen-bond acceptors (Lipinski definition) is 5. The Balaban J connectivity index is 2.48. The highest BCUT2D eigenvalue weighted by Crippen LogP contribution is 2.27. The van der Waals surface area contributed by atoms with Crippen molar-refractivity contribution in [3.8, 4) is 0 Å². The molecule has 0 saturated carbocycles. The van der Waals surface area contributed by atoms with Crippen LogP contribution in [0, 0.1) is 0 Å². The van der Waals surface area contributed by atoms with Gasteiger partial charge in [-0.1, -0.05) is 11.6 Å². The van der Waals surface area contributed by atoms with Gasteiger partial charge in [-0.25, -0.2) is 0 Å². The zero-order valence-corrected chi connectivity index (χ0v) is 11.5. The van der Waals surface area contributed by atoms with E-state index in [0.29, 0.717) is 34.5 Å². The van der Waals surface area contributed by atoms with Crippen molar-refractivity contribution in [3.63, 3.8) is 0 Å². The summed E-state index contributed by atoms with van der Waals surface area (Å²) < 4.78 is 0. The number of aromatic nitrogens is 1. The van der Waals surface area contributed by atoms with Crippen molar-refractivity contribution in [3.05, 3.63) is 39.7 Å². The molecule has 5 heteroatoms. The predicted octanol–water partition coefficient (Wildman–Crippen LogP) is 0.704. The van der Waals surface area contributed by atoms with Crippen molar-refractivity contribution in [1.82, 2.24) is 4.98 Å². The van der Waals surface area contributed by atoms with Crippen LogP contribution in [0.25, 0.3) is 0 Å². The van der Waals surface area contributed by atoms with Gasteiger partial charge in [-0.2, -0.15) is 0 Å². The number of rotatable bonds is 6. The van der Waals surface area contributed by atoms with Crippen LogP contribution in [0.1, 0.15) is 47.3 Å². The van der Waals surface area contributed by atoms with Crippen LogP contribution in [0.5, 0.6) is 0 Å². The molecule has 0 bridgehead atoms. The molecule has 20 heavy (non-hydrogen) atoms. The molecule has 5 nitrogen and oxygen atoms in total. The summed E-state index contributed by atoms with van der Waals surface area (Å²) in [5.41, 5.74) is 3.82. The highest BCUT2D eigenvalue weighted by molar-refractivity contribution is 5.41. The third kappa shape index (κ3) is 2.91. The highest BCUT2D eigenvalue weighted by atomic mass is 16.3. The second-order valence-corrected chi connectivity index (χ2v) is 5.00. The van der Waals surface area contributed by atoms with E-state index in [2.05, 4.69) is 11.1 Å². The molecule has 0 atom stereocenters. The lowest BCUT2D eigenvalue weighted by atomic mass is 9.96. The predicted molar refractivity (Wildman–Crippen MR) is 73.6 cm³/mol. The first-order valence-electron chi connectivity index (χ1n) is 6.88. The molecule has 0 radical (unpaired) electrons. The molecule has 1 aromatic rings. The van der Waals surface area contributed by atoms with Gasteiger partial charge in [0.1, 0.15) is 0 Å². The van der Waals surface area contributed by atoms with Crippen molar-refractivity contribution in [2.45, 2.75) is 52.1 Å². The van der Waals surface area contributed by atoms with E-state index in [1.165, 1.54) is 5.57 Å². The Hall–Kier alpha value is -1.27. The number of aliphatic hydroxyl groups is 4. The van der Waals surface area contributed by atoms with Gasteiger partial charge < -0.3 is 20.4 Å². The van der Waals surface area contributed by atoms with E-state index in [1.54, 1.807) is 0 Å². The molecule has 1 aliphatic rings. The van der Waals surface area contributed by atoms with Crippen LogP contribution >= 0.6 is 0 Å². The normalized spacial score (nSPS) is 14.7. The highest BCUT2D eigenvalue weighted by Gasteiger charge is 2.19. The Morgan fingerprint density at radius 3 is 2.00 bits per heavy atom. The number of allylic oxidation sites excluding steroid dienone is 2. The lowest BCUT2D eigenvalue weighted by Crippen LogP contribution is -2.13. The molecular weight excluding hydrogens is 258 g/mol. The number of aliphatic hydroxyl groups excluding tert-OH is 4. The van der Waals surface area contributed by atoms with Gasteiger partial charge in [-0.15, -0.1) is 0 Å². The fourth-order valence-electron chi connectivity index (χ4n) is 2.78. The minimum absolute atomic E-state index is 0.232. The summed E-state index contributed by atoms with van der Waals surface area (Å²) in [4.78, 5) is 4.38. The average molecular weight is 279 g/mol. The molecule has 2 rings (SSSR count). The summed E-state index contributed by atoms with van der Waals surface area (Å²) in [5.74, 6) is 0. The Morgan fingerprint density at radius 1 is 0.850 bits per heavy atom. The summed E-state index contributed by atoms with van der Waals surface area (Å²) in [6.45, 7) is -1.12. The minimum atomic E-state index is -0.311. The summed E-state index contributed by atoms with van der Waals surface area (Å²) in [6.07, 6.45) is 6.04. The van der Waals surface area contributed by atoms with Crippen LogP contribution < -0.4 is 0 Å². The lowest BCUT2D eigenvalue weighted by molar-refractivity contribution is 0.235. The van der Waals surface area contributed by atoms with Crippen LogP contribution in [-0.2, 0) is 32.8 Å². The van der Waals surface area contributed by atoms with E-state index in [0.717, 1.165) is 19.3 Å². The molecule has 1 aromatic heterocycles.